The molecule has 12 nitrogen and oxygen atoms in total. The van der Waals surface area contributed by atoms with Crippen molar-refractivity contribution in [2.24, 2.45) is 0 Å². The third-order valence-corrected chi connectivity index (χ3v) is 5.39. The fourth-order valence-corrected chi connectivity index (χ4v) is 3.78. The van der Waals surface area contributed by atoms with Crippen molar-refractivity contribution < 1.29 is 57.1 Å². The lowest BCUT2D eigenvalue weighted by Crippen LogP contribution is -2.64. The Morgan fingerprint density at radius 3 is 1.87 bits per heavy atom. The van der Waals surface area contributed by atoms with Crippen molar-refractivity contribution in [2.75, 3.05) is 7.11 Å². The summed E-state index contributed by atoms with van der Waals surface area (Å²) in [5.74, 6) is -3.79. The van der Waals surface area contributed by atoms with E-state index in [2.05, 4.69) is 0 Å². The van der Waals surface area contributed by atoms with Gasteiger partial charge in [0, 0.05) is 20.8 Å². The normalized spacial score (nSPS) is 22.1. The summed E-state index contributed by atoms with van der Waals surface area (Å²) in [6.45, 7) is 3.36. The zero-order valence-electron chi connectivity index (χ0n) is 21.7. The summed E-state index contributed by atoms with van der Waals surface area (Å²) >= 11 is 0. The highest BCUT2D eigenvalue weighted by Gasteiger charge is 2.55. The SMILES string of the molecule is COC(=O)[C@H]1OC(Oc2ccc(C(=O)OCc3ccccc3)cc2)[C@H](OC(C)=O)[C@@H](OC(C)=O)[C@@H]1OC(C)=O. The van der Waals surface area contributed by atoms with E-state index < -0.39 is 60.6 Å². The van der Waals surface area contributed by atoms with Crippen LogP contribution in [0.5, 0.6) is 5.75 Å². The molecule has 12 heteroatoms. The number of ether oxygens (including phenoxy) is 7. The molecule has 39 heavy (non-hydrogen) atoms. The van der Waals surface area contributed by atoms with Gasteiger partial charge in [-0.15, -0.1) is 0 Å². The van der Waals surface area contributed by atoms with E-state index in [9.17, 15) is 24.0 Å². The van der Waals surface area contributed by atoms with Gasteiger partial charge in [0.1, 0.15) is 12.4 Å². The van der Waals surface area contributed by atoms with Crippen LogP contribution >= 0.6 is 0 Å². The van der Waals surface area contributed by atoms with E-state index in [0.717, 1.165) is 33.4 Å². The van der Waals surface area contributed by atoms with Crippen LogP contribution in [-0.2, 0) is 54.2 Å². The molecule has 3 rings (SSSR count). The lowest BCUT2D eigenvalue weighted by atomic mass is 9.97. The first-order chi connectivity index (χ1) is 18.6. The molecule has 1 heterocycles. The second kappa shape index (κ2) is 13.4. The summed E-state index contributed by atoms with van der Waals surface area (Å²) < 4.78 is 37.4. The number of hydrogen-bond donors (Lipinski definition) is 0. The summed E-state index contributed by atoms with van der Waals surface area (Å²) in [4.78, 5) is 60.5. The first-order valence-electron chi connectivity index (χ1n) is 11.8. The number of esters is 5. The largest absolute Gasteiger partial charge is 0.467 e. The molecule has 5 atom stereocenters. The molecule has 0 aliphatic carbocycles. The first kappa shape index (κ1) is 29.1. The maximum atomic E-state index is 12.5. The van der Waals surface area contributed by atoms with Crippen molar-refractivity contribution in [1.29, 1.82) is 0 Å². The molecule has 208 valence electrons. The van der Waals surface area contributed by atoms with Crippen molar-refractivity contribution in [3.05, 3.63) is 65.7 Å². The molecule has 2 aromatic carbocycles. The monoisotopic (exact) mass is 544 g/mol. The quantitative estimate of drug-likeness (QED) is 0.336. The average Bonchev–Trinajstić information content (AvgIpc) is 2.90. The third kappa shape index (κ3) is 8.01. The molecule has 0 radical (unpaired) electrons. The molecule has 2 aromatic rings. The minimum atomic E-state index is -1.59. The summed E-state index contributed by atoms with van der Waals surface area (Å²) in [7, 11) is 1.08. The Hall–Kier alpha value is -4.45. The van der Waals surface area contributed by atoms with Gasteiger partial charge in [-0.05, 0) is 29.8 Å². The predicted octanol–water partition coefficient (Wildman–Crippen LogP) is 2.12. The van der Waals surface area contributed by atoms with Crippen molar-refractivity contribution in [2.45, 2.75) is 58.1 Å². The highest BCUT2D eigenvalue weighted by Crippen LogP contribution is 2.31. The van der Waals surface area contributed by atoms with Gasteiger partial charge in [-0.1, -0.05) is 30.3 Å². The van der Waals surface area contributed by atoms with Crippen LogP contribution < -0.4 is 4.74 Å². The summed E-state index contributed by atoms with van der Waals surface area (Å²) in [5, 5.41) is 0. The molecular formula is C27H28O12. The minimum Gasteiger partial charge on any atom is -0.467 e. The summed E-state index contributed by atoms with van der Waals surface area (Å²) in [6.07, 6.45) is -7.54. The van der Waals surface area contributed by atoms with Crippen molar-refractivity contribution in [3.63, 3.8) is 0 Å². The average molecular weight is 545 g/mol. The van der Waals surface area contributed by atoms with Gasteiger partial charge in [-0.3, -0.25) is 14.4 Å². The van der Waals surface area contributed by atoms with Gasteiger partial charge < -0.3 is 33.2 Å². The van der Waals surface area contributed by atoms with Crippen LogP contribution in [0.3, 0.4) is 0 Å². The smallest absolute Gasteiger partial charge is 0.339 e. The minimum absolute atomic E-state index is 0.0911. The zero-order valence-corrected chi connectivity index (χ0v) is 21.7. The maximum Gasteiger partial charge on any atom is 0.339 e. The topological polar surface area (TPSA) is 150 Å². The van der Waals surface area contributed by atoms with Crippen molar-refractivity contribution in [1.82, 2.24) is 0 Å². The molecule has 0 spiro atoms. The van der Waals surface area contributed by atoms with E-state index in [1.54, 1.807) is 0 Å². The van der Waals surface area contributed by atoms with Crippen molar-refractivity contribution in [3.8, 4) is 5.75 Å². The number of methoxy groups -OCH3 is 1. The summed E-state index contributed by atoms with van der Waals surface area (Å²) in [5.41, 5.74) is 1.06. The Labute approximate surface area is 224 Å². The fraction of sp³-hybridized carbons (Fsp3) is 0.370. The predicted molar refractivity (Wildman–Crippen MR) is 130 cm³/mol. The molecular weight excluding hydrogens is 516 g/mol. The van der Waals surface area contributed by atoms with Gasteiger partial charge in [-0.25, -0.2) is 9.59 Å². The number of benzene rings is 2. The van der Waals surface area contributed by atoms with Gasteiger partial charge in [-0.2, -0.15) is 0 Å². The Morgan fingerprint density at radius 2 is 1.31 bits per heavy atom. The maximum absolute atomic E-state index is 12.5. The van der Waals surface area contributed by atoms with E-state index in [4.69, 9.17) is 33.2 Å². The van der Waals surface area contributed by atoms with Gasteiger partial charge >= 0.3 is 29.8 Å². The number of hydrogen-bond acceptors (Lipinski definition) is 12. The second-order valence-electron chi connectivity index (χ2n) is 8.37. The lowest BCUT2D eigenvalue weighted by molar-refractivity contribution is -0.282. The Morgan fingerprint density at radius 1 is 0.744 bits per heavy atom. The molecule has 1 aliphatic heterocycles. The highest BCUT2D eigenvalue weighted by atomic mass is 16.7. The van der Waals surface area contributed by atoms with Crippen LogP contribution in [0.25, 0.3) is 0 Å². The van der Waals surface area contributed by atoms with Gasteiger partial charge in [0.15, 0.2) is 18.3 Å². The zero-order chi connectivity index (χ0) is 28.5. The van der Waals surface area contributed by atoms with E-state index in [1.807, 2.05) is 30.3 Å². The Bertz CT molecular complexity index is 1180. The second-order valence-corrected chi connectivity index (χ2v) is 8.37. The van der Waals surface area contributed by atoms with E-state index in [-0.39, 0.29) is 17.9 Å². The highest BCUT2D eigenvalue weighted by molar-refractivity contribution is 5.89. The number of carbonyl (C=O) groups excluding carboxylic acids is 5. The fourth-order valence-electron chi connectivity index (χ4n) is 3.78. The molecule has 1 saturated heterocycles. The van der Waals surface area contributed by atoms with E-state index >= 15 is 0 Å². The number of rotatable bonds is 9. The van der Waals surface area contributed by atoms with Crippen molar-refractivity contribution >= 4 is 29.8 Å². The summed E-state index contributed by atoms with van der Waals surface area (Å²) in [6, 6.07) is 14.9. The van der Waals surface area contributed by atoms with Crippen LogP contribution in [0, 0.1) is 0 Å². The lowest BCUT2D eigenvalue weighted by Gasteiger charge is -2.43. The molecule has 1 fully saturated rings. The van der Waals surface area contributed by atoms with Crippen LogP contribution in [0.1, 0.15) is 36.7 Å². The van der Waals surface area contributed by atoms with Crippen LogP contribution in [0.15, 0.2) is 54.6 Å². The molecule has 0 saturated carbocycles. The van der Waals surface area contributed by atoms with Crippen LogP contribution in [-0.4, -0.2) is 67.7 Å². The molecule has 0 amide bonds. The number of carbonyl (C=O) groups is 5. The van der Waals surface area contributed by atoms with Crippen LogP contribution in [0.2, 0.25) is 0 Å². The third-order valence-electron chi connectivity index (χ3n) is 5.39. The first-order valence-corrected chi connectivity index (χ1v) is 11.8. The van der Waals surface area contributed by atoms with Gasteiger partial charge in [0.05, 0.1) is 12.7 Å². The van der Waals surface area contributed by atoms with Gasteiger partial charge in [0.2, 0.25) is 12.4 Å². The van der Waals surface area contributed by atoms with E-state index in [0.29, 0.717) is 0 Å². The Balaban J connectivity index is 1.83. The van der Waals surface area contributed by atoms with Gasteiger partial charge in [0.25, 0.3) is 0 Å². The Kier molecular flexibility index (Phi) is 9.98. The van der Waals surface area contributed by atoms with E-state index in [1.165, 1.54) is 24.3 Å². The molecule has 1 unspecified atom stereocenters. The molecule has 1 aliphatic rings. The molecule has 0 bridgehead atoms. The molecule has 0 aromatic heterocycles. The van der Waals surface area contributed by atoms with Crippen LogP contribution in [0.4, 0.5) is 0 Å². The standard InChI is InChI=1S/C27H28O12/c1-15(28)35-21-22(36-16(2)29)24(37-17(3)30)27(39-23(21)26(32)33-4)38-20-12-10-19(11-13-20)25(31)34-14-18-8-6-5-7-9-18/h5-13,21-24,27H,14H2,1-4H3/t21-,22-,23-,24+,27?/m0/s1. The molecule has 0 N–H and O–H groups in total.